The Hall–Kier alpha value is -1.22. The number of halogens is 2. The van der Waals surface area contributed by atoms with Gasteiger partial charge in [-0.15, -0.1) is 24.8 Å². The molecular formula is C14H18Cl2N2. The van der Waals surface area contributed by atoms with Crippen LogP contribution < -0.4 is 10.6 Å². The molecule has 2 nitrogen and oxygen atoms in total. The Bertz CT molecular complexity index is 381. The van der Waals surface area contributed by atoms with Crippen LogP contribution in [0.5, 0.6) is 0 Å². The van der Waals surface area contributed by atoms with Gasteiger partial charge < -0.3 is 10.6 Å². The molecule has 18 heavy (non-hydrogen) atoms. The Morgan fingerprint density at radius 3 is 1.44 bits per heavy atom. The van der Waals surface area contributed by atoms with Crippen molar-refractivity contribution >= 4 is 36.2 Å². The van der Waals surface area contributed by atoms with E-state index in [-0.39, 0.29) is 24.8 Å². The van der Waals surface area contributed by atoms with E-state index in [4.69, 9.17) is 5.73 Å². The molecule has 0 aliphatic carbocycles. The van der Waals surface area contributed by atoms with Crippen LogP contribution in [0.25, 0.3) is 0 Å². The van der Waals surface area contributed by atoms with E-state index in [9.17, 15) is 0 Å². The fraction of sp³-hybridized carbons (Fsp3) is 0.143. The second kappa shape index (κ2) is 8.81. The number of para-hydroxylation sites is 2. The first-order valence-corrected chi connectivity index (χ1v) is 5.49. The number of hydrogen-bond donors (Lipinski definition) is 1. The third-order valence-corrected chi connectivity index (χ3v) is 2.49. The Balaban J connectivity index is 0.00000144. The highest BCUT2D eigenvalue weighted by molar-refractivity contribution is 5.85. The van der Waals surface area contributed by atoms with E-state index in [1.54, 1.807) is 0 Å². The van der Waals surface area contributed by atoms with Gasteiger partial charge in [-0.1, -0.05) is 36.4 Å². The van der Waals surface area contributed by atoms with Crippen LogP contribution in [0.15, 0.2) is 60.7 Å². The summed E-state index contributed by atoms with van der Waals surface area (Å²) < 4.78 is 0. The van der Waals surface area contributed by atoms with Gasteiger partial charge in [0.2, 0.25) is 0 Å². The van der Waals surface area contributed by atoms with Crippen molar-refractivity contribution in [2.24, 2.45) is 5.73 Å². The van der Waals surface area contributed by atoms with Gasteiger partial charge >= 0.3 is 0 Å². The predicted octanol–water partition coefficient (Wildman–Crippen LogP) is 3.63. The van der Waals surface area contributed by atoms with Crippen LogP contribution in [-0.4, -0.2) is 13.1 Å². The third-order valence-electron chi connectivity index (χ3n) is 2.49. The molecule has 2 rings (SSSR count). The molecule has 0 saturated heterocycles. The summed E-state index contributed by atoms with van der Waals surface area (Å²) in [5, 5.41) is 0. The highest BCUT2D eigenvalue weighted by atomic mass is 35.5. The van der Waals surface area contributed by atoms with Gasteiger partial charge in [0.25, 0.3) is 0 Å². The molecule has 4 heteroatoms. The lowest BCUT2D eigenvalue weighted by Gasteiger charge is -2.24. The van der Waals surface area contributed by atoms with Crippen molar-refractivity contribution in [2.75, 3.05) is 18.0 Å². The molecule has 0 spiro atoms. The molecule has 0 saturated carbocycles. The minimum Gasteiger partial charge on any atom is -0.340 e. The van der Waals surface area contributed by atoms with Gasteiger partial charge in [-0.3, -0.25) is 0 Å². The summed E-state index contributed by atoms with van der Waals surface area (Å²) in [6.07, 6.45) is 0. The molecule has 0 amide bonds. The lowest BCUT2D eigenvalue weighted by molar-refractivity contribution is 0.922. The monoisotopic (exact) mass is 284 g/mol. The Morgan fingerprint density at radius 1 is 0.722 bits per heavy atom. The van der Waals surface area contributed by atoms with Gasteiger partial charge in [0.15, 0.2) is 0 Å². The van der Waals surface area contributed by atoms with E-state index in [0.717, 1.165) is 6.54 Å². The molecule has 0 heterocycles. The first-order valence-electron chi connectivity index (χ1n) is 5.49. The minimum atomic E-state index is 0. The van der Waals surface area contributed by atoms with Gasteiger partial charge in [0, 0.05) is 24.5 Å². The highest BCUT2D eigenvalue weighted by Crippen LogP contribution is 2.23. The molecule has 0 radical (unpaired) electrons. The van der Waals surface area contributed by atoms with Crippen molar-refractivity contribution < 1.29 is 0 Å². The predicted molar refractivity (Wildman–Crippen MR) is 83.4 cm³/mol. The molecule has 98 valence electrons. The van der Waals surface area contributed by atoms with Gasteiger partial charge in [-0.05, 0) is 24.3 Å². The SMILES string of the molecule is Cl.Cl.NCCN(c1ccccc1)c1ccccc1. The van der Waals surface area contributed by atoms with Crippen molar-refractivity contribution in [2.45, 2.75) is 0 Å². The number of nitrogens with two attached hydrogens (primary N) is 1. The molecule has 2 N–H and O–H groups in total. The summed E-state index contributed by atoms with van der Waals surface area (Å²) in [7, 11) is 0. The van der Waals surface area contributed by atoms with Crippen LogP contribution in [0.4, 0.5) is 11.4 Å². The average molecular weight is 285 g/mol. The van der Waals surface area contributed by atoms with Crippen LogP contribution in [0, 0.1) is 0 Å². The number of hydrogen-bond acceptors (Lipinski definition) is 2. The maximum Gasteiger partial charge on any atom is 0.0411 e. The smallest absolute Gasteiger partial charge is 0.0411 e. The maximum absolute atomic E-state index is 5.66. The zero-order chi connectivity index (χ0) is 11.2. The summed E-state index contributed by atoms with van der Waals surface area (Å²) in [6, 6.07) is 20.6. The average Bonchev–Trinajstić information content (AvgIpc) is 2.38. The van der Waals surface area contributed by atoms with Gasteiger partial charge in [-0.25, -0.2) is 0 Å². The van der Waals surface area contributed by atoms with E-state index in [0.29, 0.717) is 6.54 Å². The largest absolute Gasteiger partial charge is 0.340 e. The lowest BCUT2D eigenvalue weighted by Crippen LogP contribution is -2.24. The topological polar surface area (TPSA) is 29.3 Å². The van der Waals surface area contributed by atoms with Crippen molar-refractivity contribution in [1.29, 1.82) is 0 Å². The van der Waals surface area contributed by atoms with E-state index < -0.39 is 0 Å². The number of rotatable bonds is 4. The lowest BCUT2D eigenvalue weighted by atomic mass is 10.2. The maximum atomic E-state index is 5.66. The Morgan fingerprint density at radius 2 is 1.11 bits per heavy atom. The second-order valence-electron chi connectivity index (χ2n) is 3.61. The molecule has 0 bridgehead atoms. The van der Waals surface area contributed by atoms with Crippen LogP contribution in [0.1, 0.15) is 0 Å². The second-order valence-corrected chi connectivity index (χ2v) is 3.61. The van der Waals surface area contributed by atoms with E-state index in [1.807, 2.05) is 36.4 Å². The zero-order valence-electron chi connectivity index (χ0n) is 10.0. The van der Waals surface area contributed by atoms with Crippen LogP contribution in [-0.2, 0) is 0 Å². The van der Waals surface area contributed by atoms with Gasteiger partial charge in [0.05, 0.1) is 0 Å². The standard InChI is InChI=1S/C14H16N2.2ClH/c15-11-12-16(13-7-3-1-4-8-13)14-9-5-2-6-10-14;;/h1-10H,11-12,15H2;2*1H. The minimum absolute atomic E-state index is 0. The normalized spacial score (nSPS) is 8.94. The fourth-order valence-electron chi connectivity index (χ4n) is 1.75. The molecule has 0 atom stereocenters. The van der Waals surface area contributed by atoms with Crippen LogP contribution in [0.3, 0.4) is 0 Å². The molecule has 0 unspecified atom stereocenters. The molecule has 0 aromatic heterocycles. The fourth-order valence-corrected chi connectivity index (χ4v) is 1.75. The molecule has 2 aromatic rings. The summed E-state index contributed by atoms with van der Waals surface area (Å²) in [4.78, 5) is 2.22. The number of benzene rings is 2. The first-order chi connectivity index (χ1) is 7.92. The number of nitrogens with zero attached hydrogens (tertiary/aromatic N) is 1. The summed E-state index contributed by atoms with van der Waals surface area (Å²) in [6.45, 7) is 1.47. The van der Waals surface area contributed by atoms with Crippen LogP contribution in [0.2, 0.25) is 0 Å². The zero-order valence-corrected chi connectivity index (χ0v) is 11.7. The van der Waals surface area contributed by atoms with E-state index in [1.165, 1.54) is 11.4 Å². The molecule has 0 fully saturated rings. The quantitative estimate of drug-likeness (QED) is 0.929. The third kappa shape index (κ3) is 4.22. The van der Waals surface area contributed by atoms with Crippen LogP contribution >= 0.6 is 24.8 Å². The van der Waals surface area contributed by atoms with Crippen molar-refractivity contribution in [3.05, 3.63) is 60.7 Å². The summed E-state index contributed by atoms with van der Waals surface area (Å²) >= 11 is 0. The van der Waals surface area contributed by atoms with Crippen molar-refractivity contribution in [1.82, 2.24) is 0 Å². The van der Waals surface area contributed by atoms with E-state index >= 15 is 0 Å². The highest BCUT2D eigenvalue weighted by Gasteiger charge is 2.06. The van der Waals surface area contributed by atoms with Crippen molar-refractivity contribution in [3.63, 3.8) is 0 Å². The Labute approximate surface area is 121 Å². The number of anilines is 2. The Kier molecular flexibility index (Phi) is 8.21. The van der Waals surface area contributed by atoms with Crippen molar-refractivity contribution in [3.8, 4) is 0 Å². The molecular weight excluding hydrogens is 267 g/mol. The molecule has 0 aliphatic heterocycles. The molecule has 0 aliphatic rings. The summed E-state index contributed by atoms with van der Waals surface area (Å²) in [5.74, 6) is 0. The van der Waals surface area contributed by atoms with E-state index in [2.05, 4.69) is 29.2 Å². The molecule has 2 aromatic carbocycles. The first kappa shape index (κ1) is 16.8. The summed E-state index contributed by atoms with van der Waals surface area (Å²) in [5.41, 5.74) is 8.02. The van der Waals surface area contributed by atoms with Gasteiger partial charge in [-0.2, -0.15) is 0 Å². The van der Waals surface area contributed by atoms with Gasteiger partial charge in [0.1, 0.15) is 0 Å².